The standard InChI is InChI=1S/C36H23NO2/c1-3-11-24(12-4-1)27-20-21-31(36-35(27)29-16-8-10-18-33(29)39-36)37(25-13-5-2-6-14-25)26-19-22-34-30(23-26)28-15-7-9-17-32(28)38-34/h1-23H. The van der Waals surface area contributed by atoms with Crippen LogP contribution in [-0.2, 0) is 0 Å². The fraction of sp³-hybridized carbons (Fsp3) is 0. The average Bonchev–Trinajstić information content (AvgIpc) is 3.57. The first kappa shape index (κ1) is 21.8. The van der Waals surface area contributed by atoms with Crippen LogP contribution >= 0.6 is 0 Å². The molecule has 0 N–H and O–H groups in total. The molecule has 0 bridgehead atoms. The summed E-state index contributed by atoms with van der Waals surface area (Å²) >= 11 is 0. The van der Waals surface area contributed by atoms with E-state index < -0.39 is 0 Å². The Morgan fingerprint density at radius 3 is 1.87 bits per heavy atom. The smallest absolute Gasteiger partial charge is 0.160 e. The van der Waals surface area contributed by atoms with Gasteiger partial charge < -0.3 is 13.7 Å². The fourth-order valence-corrected chi connectivity index (χ4v) is 5.71. The van der Waals surface area contributed by atoms with Gasteiger partial charge in [0.2, 0.25) is 0 Å². The Balaban J connectivity index is 1.44. The van der Waals surface area contributed by atoms with E-state index in [-0.39, 0.29) is 0 Å². The third-order valence-corrected chi connectivity index (χ3v) is 7.46. The lowest BCUT2D eigenvalue weighted by Crippen LogP contribution is -2.10. The fourth-order valence-electron chi connectivity index (χ4n) is 5.71. The topological polar surface area (TPSA) is 29.5 Å². The van der Waals surface area contributed by atoms with E-state index in [1.807, 2.05) is 30.3 Å². The van der Waals surface area contributed by atoms with Crippen molar-refractivity contribution in [1.29, 1.82) is 0 Å². The maximum atomic E-state index is 6.65. The second kappa shape index (κ2) is 8.64. The van der Waals surface area contributed by atoms with E-state index in [1.54, 1.807) is 0 Å². The van der Waals surface area contributed by atoms with E-state index in [9.17, 15) is 0 Å². The van der Waals surface area contributed by atoms with Gasteiger partial charge in [0.25, 0.3) is 0 Å². The molecule has 0 spiro atoms. The number of fused-ring (bicyclic) bond motifs is 6. The van der Waals surface area contributed by atoms with E-state index in [0.717, 1.165) is 72.1 Å². The Bertz CT molecular complexity index is 2120. The first-order valence-corrected chi connectivity index (χ1v) is 13.1. The van der Waals surface area contributed by atoms with Gasteiger partial charge in [-0.25, -0.2) is 0 Å². The van der Waals surface area contributed by atoms with Gasteiger partial charge in [0.05, 0.1) is 5.69 Å². The summed E-state index contributed by atoms with van der Waals surface area (Å²) in [5.41, 5.74) is 8.90. The largest absolute Gasteiger partial charge is 0.456 e. The minimum Gasteiger partial charge on any atom is -0.456 e. The minimum absolute atomic E-state index is 0.860. The van der Waals surface area contributed by atoms with Gasteiger partial charge in [0.1, 0.15) is 16.7 Å². The van der Waals surface area contributed by atoms with E-state index in [2.05, 4.69) is 114 Å². The Morgan fingerprint density at radius 2 is 1.08 bits per heavy atom. The number of nitrogens with zero attached hydrogens (tertiary/aromatic N) is 1. The van der Waals surface area contributed by atoms with Crippen LogP contribution in [0, 0.1) is 0 Å². The van der Waals surface area contributed by atoms with Crippen LogP contribution in [0.5, 0.6) is 0 Å². The molecule has 0 saturated heterocycles. The molecule has 6 aromatic carbocycles. The van der Waals surface area contributed by atoms with Crippen molar-refractivity contribution < 1.29 is 8.83 Å². The molecule has 0 atom stereocenters. The molecule has 0 amide bonds. The van der Waals surface area contributed by atoms with Gasteiger partial charge in [-0.05, 0) is 59.7 Å². The predicted molar refractivity (Wildman–Crippen MR) is 161 cm³/mol. The summed E-state index contributed by atoms with van der Waals surface area (Å²) in [5, 5.41) is 4.42. The normalized spacial score (nSPS) is 11.6. The monoisotopic (exact) mass is 501 g/mol. The number of hydrogen-bond donors (Lipinski definition) is 0. The van der Waals surface area contributed by atoms with E-state index in [0.29, 0.717) is 0 Å². The Hall–Kier alpha value is -5.28. The Labute approximate surface area is 225 Å². The molecule has 2 heterocycles. The van der Waals surface area contributed by atoms with Crippen LogP contribution in [0.4, 0.5) is 17.1 Å². The van der Waals surface area contributed by atoms with Gasteiger partial charge in [0, 0.05) is 32.9 Å². The maximum Gasteiger partial charge on any atom is 0.160 e. The van der Waals surface area contributed by atoms with Gasteiger partial charge >= 0.3 is 0 Å². The number of hydrogen-bond acceptors (Lipinski definition) is 3. The molecule has 39 heavy (non-hydrogen) atoms. The minimum atomic E-state index is 0.860. The van der Waals surface area contributed by atoms with Crippen molar-refractivity contribution in [3.8, 4) is 11.1 Å². The molecule has 3 nitrogen and oxygen atoms in total. The van der Waals surface area contributed by atoms with Crippen molar-refractivity contribution in [1.82, 2.24) is 0 Å². The first-order chi connectivity index (χ1) is 19.3. The molecule has 3 heteroatoms. The summed E-state index contributed by atoms with van der Waals surface area (Å²) in [4.78, 5) is 2.28. The van der Waals surface area contributed by atoms with Gasteiger partial charge in [0.15, 0.2) is 5.58 Å². The van der Waals surface area contributed by atoms with Crippen LogP contribution in [0.2, 0.25) is 0 Å². The molecule has 184 valence electrons. The summed E-state index contributed by atoms with van der Waals surface area (Å²) in [6, 6.07) is 48.3. The summed E-state index contributed by atoms with van der Waals surface area (Å²) in [7, 11) is 0. The number of para-hydroxylation sites is 3. The zero-order valence-corrected chi connectivity index (χ0v) is 21.0. The van der Waals surface area contributed by atoms with Crippen molar-refractivity contribution >= 4 is 60.9 Å². The zero-order chi connectivity index (χ0) is 25.8. The van der Waals surface area contributed by atoms with Crippen molar-refractivity contribution in [2.24, 2.45) is 0 Å². The van der Waals surface area contributed by atoms with Crippen LogP contribution in [0.15, 0.2) is 148 Å². The Morgan fingerprint density at radius 1 is 0.436 bits per heavy atom. The summed E-state index contributed by atoms with van der Waals surface area (Å²) < 4.78 is 12.8. The molecule has 0 saturated carbocycles. The molecule has 0 aliphatic carbocycles. The molecule has 8 aromatic rings. The number of benzene rings is 6. The molecular formula is C36H23NO2. The number of furan rings is 2. The van der Waals surface area contributed by atoms with E-state index in [1.165, 1.54) is 0 Å². The van der Waals surface area contributed by atoms with E-state index in [4.69, 9.17) is 8.83 Å². The second-order valence-electron chi connectivity index (χ2n) is 9.75. The van der Waals surface area contributed by atoms with Crippen LogP contribution in [-0.4, -0.2) is 0 Å². The Kier molecular flexibility index (Phi) is 4.82. The lowest BCUT2D eigenvalue weighted by Gasteiger charge is -2.26. The first-order valence-electron chi connectivity index (χ1n) is 13.1. The second-order valence-corrected chi connectivity index (χ2v) is 9.75. The van der Waals surface area contributed by atoms with Crippen LogP contribution < -0.4 is 4.90 Å². The van der Waals surface area contributed by atoms with Crippen LogP contribution in [0.1, 0.15) is 0 Å². The van der Waals surface area contributed by atoms with Gasteiger partial charge in [-0.3, -0.25) is 0 Å². The highest BCUT2D eigenvalue weighted by Crippen LogP contribution is 2.46. The van der Waals surface area contributed by atoms with Crippen LogP contribution in [0.25, 0.3) is 55.0 Å². The lowest BCUT2D eigenvalue weighted by atomic mass is 9.98. The quantitative estimate of drug-likeness (QED) is 0.240. The highest BCUT2D eigenvalue weighted by molar-refractivity contribution is 6.17. The molecule has 0 fully saturated rings. The summed E-state index contributed by atoms with van der Waals surface area (Å²) in [6.07, 6.45) is 0. The molecule has 0 unspecified atom stereocenters. The predicted octanol–water partition coefficient (Wildman–Crippen LogP) is 10.6. The average molecular weight is 502 g/mol. The molecule has 2 aromatic heterocycles. The van der Waals surface area contributed by atoms with Crippen molar-refractivity contribution in [3.05, 3.63) is 140 Å². The summed E-state index contributed by atoms with van der Waals surface area (Å²) in [6.45, 7) is 0. The summed E-state index contributed by atoms with van der Waals surface area (Å²) in [5.74, 6) is 0. The zero-order valence-electron chi connectivity index (χ0n) is 21.0. The third-order valence-electron chi connectivity index (χ3n) is 7.46. The van der Waals surface area contributed by atoms with Gasteiger partial charge in [-0.2, -0.15) is 0 Å². The molecule has 0 aliphatic heterocycles. The third kappa shape index (κ3) is 3.44. The molecular weight excluding hydrogens is 478 g/mol. The lowest BCUT2D eigenvalue weighted by molar-refractivity contribution is 0.669. The SMILES string of the molecule is c1ccc(-c2ccc(N(c3ccccc3)c3ccc4oc5ccccc5c4c3)c3oc4ccccc4c23)cc1. The van der Waals surface area contributed by atoms with Gasteiger partial charge in [-0.1, -0.05) is 91.0 Å². The van der Waals surface area contributed by atoms with Crippen molar-refractivity contribution in [3.63, 3.8) is 0 Å². The van der Waals surface area contributed by atoms with E-state index >= 15 is 0 Å². The van der Waals surface area contributed by atoms with Crippen molar-refractivity contribution in [2.75, 3.05) is 4.90 Å². The van der Waals surface area contributed by atoms with Crippen LogP contribution in [0.3, 0.4) is 0 Å². The highest BCUT2D eigenvalue weighted by Gasteiger charge is 2.22. The maximum absolute atomic E-state index is 6.65. The molecule has 0 aliphatic rings. The highest BCUT2D eigenvalue weighted by atomic mass is 16.3. The van der Waals surface area contributed by atoms with Crippen molar-refractivity contribution in [2.45, 2.75) is 0 Å². The number of anilines is 3. The molecule has 0 radical (unpaired) electrons. The van der Waals surface area contributed by atoms with Gasteiger partial charge in [-0.15, -0.1) is 0 Å². The molecule has 8 rings (SSSR count). The number of rotatable bonds is 4.